The molecule has 4 heterocycles. The van der Waals surface area contributed by atoms with Gasteiger partial charge >= 0.3 is 0 Å². The fourth-order valence-corrected chi connectivity index (χ4v) is 4.65. The Morgan fingerprint density at radius 3 is 2.79 bits per heavy atom. The number of pyridine rings is 1. The second-order valence-electron chi connectivity index (χ2n) is 6.73. The first-order chi connectivity index (χ1) is 14.2. The van der Waals surface area contributed by atoms with E-state index in [9.17, 15) is 4.79 Å². The number of aromatic amines is 1. The van der Waals surface area contributed by atoms with Crippen molar-refractivity contribution in [3.05, 3.63) is 59.6 Å². The Kier molecular flexibility index (Phi) is 4.73. The smallest absolute Gasteiger partial charge is 0.255 e. The molecule has 0 saturated carbocycles. The van der Waals surface area contributed by atoms with Gasteiger partial charge in [-0.25, -0.2) is 4.98 Å². The van der Waals surface area contributed by atoms with Crippen LogP contribution in [0.15, 0.2) is 49.1 Å². The van der Waals surface area contributed by atoms with E-state index in [-0.39, 0.29) is 5.91 Å². The van der Waals surface area contributed by atoms with Crippen LogP contribution in [0.1, 0.15) is 10.4 Å². The van der Waals surface area contributed by atoms with Crippen LogP contribution in [-0.2, 0) is 0 Å². The van der Waals surface area contributed by atoms with Gasteiger partial charge in [0.2, 0.25) is 0 Å². The molecule has 5 rings (SSSR count). The summed E-state index contributed by atoms with van der Waals surface area (Å²) in [5, 5.41) is 9.29. The van der Waals surface area contributed by atoms with Crippen molar-refractivity contribution < 1.29 is 4.79 Å². The summed E-state index contributed by atoms with van der Waals surface area (Å²) >= 11 is 8.35. The zero-order valence-electron chi connectivity index (χ0n) is 15.4. The lowest BCUT2D eigenvalue weighted by Crippen LogP contribution is -2.37. The van der Waals surface area contributed by atoms with E-state index in [4.69, 9.17) is 11.6 Å². The number of H-pyrrole nitrogens is 1. The van der Waals surface area contributed by atoms with Crippen LogP contribution in [0.5, 0.6) is 0 Å². The Balaban J connectivity index is 1.47. The van der Waals surface area contributed by atoms with E-state index in [1.54, 1.807) is 6.20 Å². The largest absolute Gasteiger partial charge is 0.337 e. The van der Waals surface area contributed by atoms with E-state index < -0.39 is 0 Å². The maximum Gasteiger partial charge on any atom is 0.255 e. The van der Waals surface area contributed by atoms with Gasteiger partial charge in [-0.05, 0) is 30.3 Å². The van der Waals surface area contributed by atoms with Crippen LogP contribution >= 0.6 is 23.4 Å². The van der Waals surface area contributed by atoms with Gasteiger partial charge in [0.05, 0.1) is 10.6 Å². The molecule has 0 unspecified atom stereocenters. The molecule has 9 heteroatoms. The minimum absolute atomic E-state index is 0.0481. The lowest BCUT2D eigenvalue weighted by Gasteiger charge is -2.26. The average Bonchev–Trinajstić information content (AvgIpc) is 3.43. The van der Waals surface area contributed by atoms with Crippen molar-refractivity contribution in [3.63, 3.8) is 0 Å². The zero-order chi connectivity index (χ0) is 19.8. The summed E-state index contributed by atoms with van der Waals surface area (Å²) in [4.78, 5) is 22.2. The summed E-state index contributed by atoms with van der Waals surface area (Å²) in [5.74, 6) is 2.65. The van der Waals surface area contributed by atoms with Crippen LogP contribution in [-0.4, -0.2) is 60.1 Å². The molecule has 1 aliphatic rings. The second-order valence-corrected chi connectivity index (χ2v) is 8.36. The number of benzene rings is 1. The summed E-state index contributed by atoms with van der Waals surface area (Å²) in [6, 6.07) is 9.59. The Morgan fingerprint density at radius 2 is 2.03 bits per heavy atom. The predicted molar refractivity (Wildman–Crippen MR) is 115 cm³/mol. The van der Waals surface area contributed by atoms with Crippen LogP contribution < -0.4 is 0 Å². The highest BCUT2D eigenvalue weighted by Crippen LogP contribution is 2.29. The highest BCUT2D eigenvalue weighted by atomic mass is 35.5. The fourth-order valence-electron chi connectivity index (χ4n) is 3.48. The van der Waals surface area contributed by atoms with Crippen LogP contribution in [0.25, 0.3) is 28.1 Å². The van der Waals surface area contributed by atoms with E-state index in [0.29, 0.717) is 16.4 Å². The van der Waals surface area contributed by atoms with Crippen molar-refractivity contribution in [2.45, 2.75) is 0 Å². The summed E-state index contributed by atoms with van der Waals surface area (Å²) in [6.07, 6.45) is 5.11. The Morgan fingerprint density at radius 1 is 1.17 bits per heavy atom. The normalized spacial score (nSPS) is 14.4. The number of aromatic nitrogens is 5. The highest BCUT2D eigenvalue weighted by Gasteiger charge is 2.19. The molecule has 0 atom stereocenters. The molecule has 0 bridgehead atoms. The van der Waals surface area contributed by atoms with Gasteiger partial charge in [-0.1, -0.05) is 11.6 Å². The Bertz CT molecular complexity index is 1180. The SMILES string of the molecule is O=C(c1cnc2c(ccn2-c2ccc(-c3nnc[nH]3)c(Cl)c2)c1)N1CCSCC1. The van der Waals surface area contributed by atoms with Crippen LogP contribution in [0.2, 0.25) is 5.02 Å². The van der Waals surface area contributed by atoms with Gasteiger partial charge in [0.15, 0.2) is 5.82 Å². The van der Waals surface area contributed by atoms with Gasteiger partial charge in [-0.15, -0.1) is 10.2 Å². The monoisotopic (exact) mass is 424 g/mol. The first-order valence-corrected chi connectivity index (χ1v) is 10.7. The van der Waals surface area contributed by atoms with E-state index in [1.807, 2.05) is 57.8 Å². The van der Waals surface area contributed by atoms with Gasteiger partial charge in [0.1, 0.15) is 12.0 Å². The molecule has 1 N–H and O–H groups in total. The maximum absolute atomic E-state index is 12.8. The molecule has 1 fully saturated rings. The summed E-state index contributed by atoms with van der Waals surface area (Å²) in [6.45, 7) is 1.58. The summed E-state index contributed by atoms with van der Waals surface area (Å²) in [7, 11) is 0. The van der Waals surface area contributed by atoms with Crippen LogP contribution in [0.4, 0.5) is 0 Å². The summed E-state index contributed by atoms with van der Waals surface area (Å²) in [5.41, 5.74) is 3.07. The van der Waals surface area contributed by atoms with Gasteiger partial charge < -0.3 is 14.5 Å². The third kappa shape index (κ3) is 3.38. The fraction of sp³-hybridized carbons (Fsp3) is 0.200. The number of hydrogen-bond acceptors (Lipinski definition) is 5. The number of carbonyl (C=O) groups is 1. The number of nitrogens with zero attached hydrogens (tertiary/aromatic N) is 5. The number of hydrogen-bond donors (Lipinski definition) is 1. The number of halogens is 1. The Labute approximate surface area is 176 Å². The van der Waals surface area contributed by atoms with Crippen LogP contribution in [0, 0.1) is 0 Å². The molecular formula is C20H17ClN6OS. The number of nitrogens with one attached hydrogen (secondary N) is 1. The average molecular weight is 425 g/mol. The number of rotatable bonds is 3. The Hall–Kier alpha value is -2.84. The summed E-state index contributed by atoms with van der Waals surface area (Å²) < 4.78 is 1.96. The van der Waals surface area contributed by atoms with Gasteiger partial charge in [-0.3, -0.25) is 4.79 Å². The molecule has 1 aliphatic heterocycles. The molecule has 0 spiro atoms. The number of carbonyl (C=O) groups excluding carboxylic acids is 1. The second kappa shape index (κ2) is 7.53. The van der Waals surface area contributed by atoms with Crippen molar-refractivity contribution in [1.82, 2.24) is 29.6 Å². The third-order valence-electron chi connectivity index (χ3n) is 4.97. The van der Waals surface area contributed by atoms with Gasteiger partial charge in [0.25, 0.3) is 5.91 Å². The van der Waals surface area contributed by atoms with E-state index in [2.05, 4.69) is 20.2 Å². The molecule has 0 radical (unpaired) electrons. The van der Waals surface area contributed by atoms with E-state index in [1.165, 1.54) is 6.33 Å². The minimum atomic E-state index is 0.0481. The zero-order valence-corrected chi connectivity index (χ0v) is 17.0. The first kappa shape index (κ1) is 18.2. The number of fused-ring (bicyclic) bond motifs is 1. The highest BCUT2D eigenvalue weighted by molar-refractivity contribution is 7.99. The molecule has 1 saturated heterocycles. The molecule has 7 nitrogen and oxygen atoms in total. The van der Waals surface area contributed by atoms with Crippen molar-refractivity contribution in [3.8, 4) is 17.1 Å². The molecule has 29 heavy (non-hydrogen) atoms. The topological polar surface area (TPSA) is 79.7 Å². The molecule has 1 amide bonds. The quantitative estimate of drug-likeness (QED) is 0.543. The molecule has 1 aromatic carbocycles. The number of thioether (sulfide) groups is 1. The van der Waals surface area contributed by atoms with Crippen molar-refractivity contribution >= 4 is 40.3 Å². The number of amides is 1. The van der Waals surface area contributed by atoms with Crippen molar-refractivity contribution in [2.75, 3.05) is 24.6 Å². The molecule has 0 aliphatic carbocycles. The lowest BCUT2D eigenvalue weighted by atomic mass is 10.2. The van der Waals surface area contributed by atoms with Crippen LogP contribution in [0.3, 0.4) is 0 Å². The molecular weight excluding hydrogens is 408 g/mol. The van der Waals surface area contributed by atoms with Crippen molar-refractivity contribution in [1.29, 1.82) is 0 Å². The lowest BCUT2D eigenvalue weighted by molar-refractivity contribution is 0.0772. The first-order valence-electron chi connectivity index (χ1n) is 9.21. The minimum Gasteiger partial charge on any atom is -0.337 e. The molecule has 146 valence electrons. The van der Waals surface area contributed by atoms with E-state index in [0.717, 1.165) is 46.9 Å². The van der Waals surface area contributed by atoms with E-state index >= 15 is 0 Å². The maximum atomic E-state index is 12.8. The third-order valence-corrected chi connectivity index (χ3v) is 6.23. The predicted octanol–water partition coefficient (Wildman–Crippen LogP) is 3.65. The molecule has 4 aromatic rings. The standard InChI is InChI=1S/C20H17ClN6OS/c21-17-10-15(1-2-16(17)18-23-12-24-25-18)27-4-3-13-9-14(11-22-19(13)27)20(28)26-5-7-29-8-6-26/h1-4,9-12H,5-8H2,(H,23,24,25). The molecule has 3 aromatic heterocycles. The van der Waals surface area contributed by atoms with Gasteiger partial charge in [0, 0.05) is 53.6 Å². The van der Waals surface area contributed by atoms with Crippen molar-refractivity contribution in [2.24, 2.45) is 0 Å². The van der Waals surface area contributed by atoms with Gasteiger partial charge in [-0.2, -0.15) is 11.8 Å².